The lowest BCUT2D eigenvalue weighted by molar-refractivity contribution is 0.488. The fourth-order valence-corrected chi connectivity index (χ4v) is 4.46. The van der Waals surface area contributed by atoms with Crippen molar-refractivity contribution in [1.29, 1.82) is 0 Å². The van der Waals surface area contributed by atoms with E-state index < -0.39 is 0 Å². The molecule has 2 rings (SSSR count). The fraction of sp³-hybridized carbons (Fsp3) is 0.643. The van der Waals surface area contributed by atoms with Crippen LogP contribution in [0.4, 0.5) is 0 Å². The van der Waals surface area contributed by atoms with Gasteiger partial charge in [-0.25, -0.2) is 0 Å². The second kappa shape index (κ2) is 14.7. The first-order valence-corrected chi connectivity index (χ1v) is 12.3. The molecule has 0 heteroatoms. The van der Waals surface area contributed by atoms with Gasteiger partial charge >= 0.3 is 0 Å². The van der Waals surface area contributed by atoms with Crippen LogP contribution < -0.4 is 0 Å². The van der Waals surface area contributed by atoms with Crippen molar-refractivity contribution in [3.8, 4) is 0 Å². The molecule has 0 fully saturated rings. The summed E-state index contributed by atoms with van der Waals surface area (Å²) in [7, 11) is 0. The number of fused-ring (bicyclic) bond motifs is 1. The van der Waals surface area contributed by atoms with E-state index in [0.717, 1.165) is 5.92 Å². The Bertz CT molecular complexity index is 627. The Morgan fingerprint density at radius 3 is 1.64 bits per heavy atom. The van der Waals surface area contributed by atoms with Crippen LogP contribution in [0, 0.1) is 0 Å². The molecule has 0 aromatic heterocycles. The van der Waals surface area contributed by atoms with E-state index in [1.807, 2.05) is 0 Å². The van der Waals surface area contributed by atoms with Gasteiger partial charge in [0, 0.05) is 0 Å². The second-order valence-electron chi connectivity index (χ2n) is 8.77. The van der Waals surface area contributed by atoms with Crippen molar-refractivity contribution in [3.05, 3.63) is 48.0 Å². The molecule has 0 aliphatic rings. The highest BCUT2D eigenvalue weighted by Gasteiger charge is 2.12. The molecule has 0 aliphatic carbocycles. The van der Waals surface area contributed by atoms with Gasteiger partial charge in [-0.1, -0.05) is 140 Å². The third-order valence-corrected chi connectivity index (χ3v) is 6.31. The molecule has 0 aliphatic heterocycles. The van der Waals surface area contributed by atoms with Gasteiger partial charge < -0.3 is 0 Å². The van der Waals surface area contributed by atoms with Crippen molar-refractivity contribution in [3.63, 3.8) is 0 Å². The zero-order valence-electron chi connectivity index (χ0n) is 18.7. The molecule has 0 bridgehead atoms. The van der Waals surface area contributed by atoms with E-state index in [4.69, 9.17) is 0 Å². The van der Waals surface area contributed by atoms with Crippen LogP contribution in [0.1, 0.15) is 122 Å². The third kappa shape index (κ3) is 8.80. The van der Waals surface area contributed by atoms with Crippen molar-refractivity contribution in [2.24, 2.45) is 0 Å². The molecule has 28 heavy (non-hydrogen) atoms. The molecule has 1 unspecified atom stereocenters. The average molecular weight is 381 g/mol. The van der Waals surface area contributed by atoms with Gasteiger partial charge in [0.2, 0.25) is 0 Å². The first-order chi connectivity index (χ1) is 13.8. The molecule has 0 amide bonds. The second-order valence-corrected chi connectivity index (χ2v) is 8.77. The average Bonchev–Trinajstić information content (AvgIpc) is 2.73. The standard InChI is InChI=1S/C28H44/c1-3-5-7-9-10-11-12-13-15-19-25(18-14-8-6-4-2)28-23-22-26-20-16-17-21-27(26)24-28/h16-17,20-25H,3-15,18-19H2,1-2H3. The fourth-order valence-electron chi connectivity index (χ4n) is 4.46. The van der Waals surface area contributed by atoms with E-state index in [9.17, 15) is 0 Å². The topological polar surface area (TPSA) is 0 Å². The lowest BCUT2D eigenvalue weighted by Crippen LogP contribution is -2.00. The monoisotopic (exact) mass is 380 g/mol. The molecule has 156 valence electrons. The minimum Gasteiger partial charge on any atom is -0.0654 e. The number of rotatable bonds is 16. The Morgan fingerprint density at radius 2 is 1.04 bits per heavy atom. The molecule has 0 spiro atoms. The van der Waals surface area contributed by atoms with E-state index in [1.54, 1.807) is 5.56 Å². The van der Waals surface area contributed by atoms with Crippen LogP contribution in [0.2, 0.25) is 0 Å². The van der Waals surface area contributed by atoms with Gasteiger partial charge in [-0.05, 0) is 35.1 Å². The molecule has 0 saturated heterocycles. The first kappa shape index (κ1) is 23.0. The normalized spacial score (nSPS) is 12.5. The van der Waals surface area contributed by atoms with Gasteiger partial charge in [-0.2, -0.15) is 0 Å². The summed E-state index contributed by atoms with van der Waals surface area (Å²) in [6, 6.07) is 16.0. The van der Waals surface area contributed by atoms with Crippen LogP contribution >= 0.6 is 0 Å². The highest BCUT2D eigenvalue weighted by Crippen LogP contribution is 2.31. The van der Waals surface area contributed by atoms with E-state index in [-0.39, 0.29) is 0 Å². The van der Waals surface area contributed by atoms with Gasteiger partial charge in [0.15, 0.2) is 0 Å². The van der Waals surface area contributed by atoms with Crippen LogP contribution in [0.3, 0.4) is 0 Å². The molecule has 2 aromatic carbocycles. The van der Waals surface area contributed by atoms with Crippen molar-refractivity contribution < 1.29 is 0 Å². The Morgan fingerprint density at radius 1 is 0.536 bits per heavy atom. The summed E-state index contributed by atoms with van der Waals surface area (Å²) in [5.74, 6) is 0.756. The zero-order valence-corrected chi connectivity index (χ0v) is 18.7. The lowest BCUT2D eigenvalue weighted by Gasteiger charge is -2.18. The Kier molecular flexibility index (Phi) is 12.0. The SMILES string of the molecule is CCCCCCCCCCCC(CCCCCC)c1ccc2ccccc2c1. The largest absolute Gasteiger partial charge is 0.0654 e. The third-order valence-electron chi connectivity index (χ3n) is 6.31. The molecule has 0 radical (unpaired) electrons. The summed E-state index contributed by atoms with van der Waals surface area (Å²) in [6.45, 7) is 4.61. The molecule has 1 atom stereocenters. The molecular formula is C28H44. The van der Waals surface area contributed by atoms with Gasteiger partial charge in [0.25, 0.3) is 0 Å². The van der Waals surface area contributed by atoms with E-state index in [2.05, 4.69) is 56.3 Å². The van der Waals surface area contributed by atoms with Crippen molar-refractivity contribution in [2.45, 2.75) is 116 Å². The maximum Gasteiger partial charge on any atom is -0.0162 e. The van der Waals surface area contributed by atoms with Crippen molar-refractivity contribution in [1.82, 2.24) is 0 Å². The van der Waals surface area contributed by atoms with E-state index >= 15 is 0 Å². The number of hydrogen-bond acceptors (Lipinski definition) is 0. The quantitative estimate of drug-likeness (QED) is 0.254. The van der Waals surface area contributed by atoms with Gasteiger partial charge in [0.1, 0.15) is 0 Å². The number of unbranched alkanes of at least 4 members (excludes halogenated alkanes) is 11. The predicted octanol–water partition coefficient (Wildman–Crippen LogP) is 9.81. The smallest absolute Gasteiger partial charge is 0.0162 e. The summed E-state index contributed by atoms with van der Waals surface area (Å²) < 4.78 is 0. The predicted molar refractivity (Wildman–Crippen MR) is 127 cm³/mol. The van der Waals surface area contributed by atoms with Crippen molar-refractivity contribution in [2.75, 3.05) is 0 Å². The summed E-state index contributed by atoms with van der Waals surface area (Å²) in [4.78, 5) is 0. The maximum absolute atomic E-state index is 2.47. The van der Waals surface area contributed by atoms with Crippen LogP contribution in [0.5, 0.6) is 0 Å². The van der Waals surface area contributed by atoms with Gasteiger partial charge in [-0.15, -0.1) is 0 Å². The molecule has 2 aromatic rings. The number of benzene rings is 2. The van der Waals surface area contributed by atoms with Crippen LogP contribution in [-0.2, 0) is 0 Å². The maximum atomic E-state index is 2.47. The van der Waals surface area contributed by atoms with Crippen molar-refractivity contribution >= 4 is 10.8 Å². The minimum atomic E-state index is 0.756. The van der Waals surface area contributed by atoms with Gasteiger partial charge in [0.05, 0.1) is 0 Å². The molecular weight excluding hydrogens is 336 g/mol. The molecule has 0 N–H and O–H groups in total. The minimum absolute atomic E-state index is 0.756. The summed E-state index contributed by atoms with van der Waals surface area (Å²) in [5.41, 5.74) is 1.58. The lowest BCUT2D eigenvalue weighted by atomic mass is 9.87. The number of hydrogen-bond donors (Lipinski definition) is 0. The molecule has 0 nitrogen and oxygen atoms in total. The summed E-state index contributed by atoms with van der Waals surface area (Å²) >= 11 is 0. The van der Waals surface area contributed by atoms with E-state index in [0.29, 0.717) is 0 Å². The Balaban J connectivity index is 1.79. The van der Waals surface area contributed by atoms with Crippen LogP contribution in [0.25, 0.3) is 10.8 Å². The van der Waals surface area contributed by atoms with Gasteiger partial charge in [-0.3, -0.25) is 0 Å². The first-order valence-electron chi connectivity index (χ1n) is 12.3. The molecule has 0 heterocycles. The van der Waals surface area contributed by atoms with Crippen LogP contribution in [-0.4, -0.2) is 0 Å². The highest BCUT2D eigenvalue weighted by molar-refractivity contribution is 5.83. The summed E-state index contributed by atoms with van der Waals surface area (Å²) in [6.07, 6.45) is 21.1. The Labute approximate surface area is 175 Å². The van der Waals surface area contributed by atoms with Crippen LogP contribution in [0.15, 0.2) is 42.5 Å². The molecule has 0 saturated carbocycles. The zero-order chi connectivity index (χ0) is 19.9. The van der Waals surface area contributed by atoms with E-state index in [1.165, 1.54) is 107 Å². The Hall–Kier alpha value is -1.30. The summed E-state index contributed by atoms with van der Waals surface area (Å²) in [5, 5.41) is 2.78. The highest BCUT2D eigenvalue weighted by atomic mass is 14.2.